The molecule has 31 heavy (non-hydrogen) atoms. The highest BCUT2D eigenvalue weighted by Gasteiger charge is 2.53. The summed E-state index contributed by atoms with van der Waals surface area (Å²) in [4.78, 5) is 12.8. The van der Waals surface area contributed by atoms with E-state index in [1.54, 1.807) is 12.1 Å². The van der Waals surface area contributed by atoms with Gasteiger partial charge in [0.25, 0.3) is 5.91 Å². The second-order valence-electron chi connectivity index (χ2n) is 9.71. The zero-order valence-electron chi connectivity index (χ0n) is 17.8. The molecule has 0 radical (unpaired) electrons. The zero-order chi connectivity index (χ0) is 22.2. The van der Waals surface area contributed by atoms with Gasteiger partial charge in [-0.3, -0.25) is 4.79 Å². The number of nitriles is 1. The van der Waals surface area contributed by atoms with Gasteiger partial charge in [0.15, 0.2) is 0 Å². The summed E-state index contributed by atoms with van der Waals surface area (Å²) < 4.78 is 22.6. The molecule has 0 aliphatic heterocycles. The third-order valence-electron chi connectivity index (χ3n) is 7.52. The fourth-order valence-electron chi connectivity index (χ4n) is 6.35. The normalized spacial score (nSPS) is 30.5. The van der Waals surface area contributed by atoms with Gasteiger partial charge in [-0.15, -0.1) is 0 Å². The van der Waals surface area contributed by atoms with Crippen LogP contribution in [0.1, 0.15) is 51.0 Å². The molecule has 0 spiro atoms. The van der Waals surface area contributed by atoms with Crippen LogP contribution in [0.15, 0.2) is 40.9 Å². The van der Waals surface area contributed by atoms with Crippen molar-refractivity contribution in [3.8, 4) is 6.07 Å². The van der Waals surface area contributed by atoms with Gasteiger partial charge in [0.05, 0.1) is 4.90 Å². The van der Waals surface area contributed by atoms with E-state index in [0.717, 1.165) is 23.3 Å². The third-order valence-corrected chi connectivity index (χ3v) is 8.45. The summed E-state index contributed by atoms with van der Waals surface area (Å²) in [6.45, 7) is 2.45. The Bertz CT molecular complexity index is 989. The quantitative estimate of drug-likeness (QED) is 0.442. The van der Waals surface area contributed by atoms with E-state index in [9.17, 15) is 18.5 Å². The van der Waals surface area contributed by atoms with E-state index in [0.29, 0.717) is 6.54 Å². The molecule has 0 aromatic heterocycles. The van der Waals surface area contributed by atoms with Crippen molar-refractivity contribution in [2.45, 2.75) is 62.9 Å². The molecule has 8 heteroatoms. The first kappa shape index (κ1) is 21.8. The molecule has 1 amide bonds. The van der Waals surface area contributed by atoms with Crippen molar-refractivity contribution in [3.05, 3.63) is 41.6 Å². The van der Waals surface area contributed by atoms with Crippen LogP contribution in [-0.4, -0.2) is 20.4 Å². The highest BCUT2D eigenvalue weighted by molar-refractivity contribution is 7.89. The number of amides is 1. The van der Waals surface area contributed by atoms with E-state index in [1.807, 2.05) is 6.07 Å². The van der Waals surface area contributed by atoms with Crippen LogP contribution < -0.4 is 15.8 Å². The van der Waals surface area contributed by atoms with Gasteiger partial charge in [0, 0.05) is 18.8 Å². The lowest BCUT2D eigenvalue weighted by molar-refractivity contribution is -0.122. The minimum absolute atomic E-state index is 0.0396. The number of sulfonamides is 1. The van der Waals surface area contributed by atoms with Gasteiger partial charge in [-0.2, -0.15) is 5.26 Å². The van der Waals surface area contributed by atoms with E-state index in [4.69, 9.17) is 5.14 Å². The maximum absolute atomic E-state index is 12.8. The van der Waals surface area contributed by atoms with Crippen molar-refractivity contribution in [2.24, 2.45) is 28.3 Å². The Morgan fingerprint density at radius 3 is 2.23 bits per heavy atom. The Morgan fingerprint density at radius 1 is 1.19 bits per heavy atom. The van der Waals surface area contributed by atoms with Crippen molar-refractivity contribution >= 4 is 15.9 Å². The number of nitrogens with two attached hydrogens (primary N) is 1. The maximum Gasteiger partial charge on any atom is 0.263 e. The molecular weight excluding hydrogens is 412 g/mol. The molecule has 1 atom stereocenters. The van der Waals surface area contributed by atoms with Gasteiger partial charge in [0.1, 0.15) is 11.6 Å². The average Bonchev–Trinajstić information content (AvgIpc) is 2.70. The predicted octanol–water partition coefficient (Wildman–Crippen LogP) is 2.55. The topological polar surface area (TPSA) is 125 Å². The number of carbonyl (C=O) groups excluding carboxylic acids is 1. The van der Waals surface area contributed by atoms with E-state index in [1.165, 1.54) is 56.9 Å². The fourth-order valence-corrected chi connectivity index (χ4v) is 6.87. The Labute approximate surface area is 184 Å². The van der Waals surface area contributed by atoms with Gasteiger partial charge in [0.2, 0.25) is 10.0 Å². The van der Waals surface area contributed by atoms with Gasteiger partial charge in [-0.1, -0.05) is 12.1 Å². The first-order valence-electron chi connectivity index (χ1n) is 10.9. The third kappa shape index (κ3) is 4.63. The molecule has 1 aromatic carbocycles. The molecule has 7 nitrogen and oxygen atoms in total. The Morgan fingerprint density at radius 2 is 1.74 bits per heavy atom. The average molecular weight is 443 g/mol. The minimum atomic E-state index is -3.73. The standard InChI is InChI=1S/C23H30N4O3S/c1-15(23-9-17-6-18(10-23)8-19(7-17)11-23)27-22(28)20(12-24)14-26-13-16-2-4-21(5-3-16)31(25,29)30/h2-5,14-15,17-19,26H,6-11,13H2,1H3,(H,27,28)(H2,25,29,30)/b20-14-. The van der Waals surface area contributed by atoms with Crippen molar-refractivity contribution in [3.63, 3.8) is 0 Å². The summed E-state index contributed by atoms with van der Waals surface area (Å²) in [5.41, 5.74) is 1.03. The largest absolute Gasteiger partial charge is 0.386 e. The van der Waals surface area contributed by atoms with Crippen LogP contribution in [0.4, 0.5) is 0 Å². The first-order valence-corrected chi connectivity index (χ1v) is 12.5. The number of nitrogens with zero attached hydrogens (tertiary/aromatic N) is 1. The lowest BCUT2D eigenvalue weighted by Crippen LogP contribution is -2.56. The van der Waals surface area contributed by atoms with Crippen molar-refractivity contribution < 1.29 is 13.2 Å². The van der Waals surface area contributed by atoms with Crippen molar-refractivity contribution in [2.75, 3.05) is 0 Å². The van der Waals surface area contributed by atoms with Crippen LogP contribution in [0.2, 0.25) is 0 Å². The molecule has 5 rings (SSSR count). The second-order valence-corrected chi connectivity index (χ2v) is 11.3. The van der Waals surface area contributed by atoms with Crippen LogP contribution in [0, 0.1) is 34.5 Å². The fraction of sp³-hybridized carbons (Fsp3) is 0.565. The SMILES string of the molecule is CC(NC(=O)/C(C#N)=C\NCc1ccc(S(N)(=O)=O)cc1)C12CC3CC(CC(C3)C1)C2. The lowest BCUT2D eigenvalue weighted by atomic mass is 9.48. The molecule has 166 valence electrons. The van der Waals surface area contributed by atoms with Crippen LogP contribution >= 0.6 is 0 Å². The number of carbonyl (C=O) groups is 1. The van der Waals surface area contributed by atoms with Gasteiger partial charge in [-0.05, 0) is 86.3 Å². The van der Waals surface area contributed by atoms with Crippen LogP contribution in [-0.2, 0) is 21.4 Å². The number of hydrogen-bond acceptors (Lipinski definition) is 5. The van der Waals surface area contributed by atoms with Crippen molar-refractivity contribution in [1.29, 1.82) is 5.26 Å². The van der Waals surface area contributed by atoms with Crippen LogP contribution in [0.3, 0.4) is 0 Å². The number of primary sulfonamides is 1. The highest BCUT2D eigenvalue weighted by atomic mass is 32.2. The predicted molar refractivity (Wildman–Crippen MR) is 117 cm³/mol. The summed E-state index contributed by atoms with van der Waals surface area (Å²) in [6, 6.07) is 8.18. The summed E-state index contributed by atoms with van der Waals surface area (Å²) >= 11 is 0. The molecule has 1 unspecified atom stereocenters. The highest BCUT2D eigenvalue weighted by Crippen LogP contribution is 2.61. The monoisotopic (exact) mass is 442 g/mol. The van der Waals surface area contributed by atoms with Gasteiger partial charge in [-0.25, -0.2) is 13.6 Å². The molecule has 0 saturated heterocycles. The van der Waals surface area contributed by atoms with E-state index >= 15 is 0 Å². The molecule has 4 N–H and O–H groups in total. The summed E-state index contributed by atoms with van der Waals surface area (Å²) in [6.07, 6.45) is 9.06. The zero-order valence-corrected chi connectivity index (χ0v) is 18.6. The molecule has 4 aliphatic rings. The smallest absolute Gasteiger partial charge is 0.263 e. The number of benzene rings is 1. The van der Waals surface area contributed by atoms with Gasteiger partial charge >= 0.3 is 0 Å². The summed E-state index contributed by atoms with van der Waals surface area (Å²) in [5, 5.41) is 20.7. The molecule has 4 fully saturated rings. The molecule has 1 aromatic rings. The molecule has 4 aliphatic carbocycles. The van der Waals surface area contributed by atoms with Gasteiger partial charge < -0.3 is 10.6 Å². The maximum atomic E-state index is 12.8. The Balaban J connectivity index is 1.35. The Hall–Kier alpha value is -2.37. The number of nitrogens with one attached hydrogen (secondary N) is 2. The van der Waals surface area contributed by atoms with Crippen LogP contribution in [0.25, 0.3) is 0 Å². The summed E-state index contributed by atoms with van der Waals surface area (Å²) in [5.74, 6) is 2.07. The summed E-state index contributed by atoms with van der Waals surface area (Å²) in [7, 11) is -3.73. The Kier molecular flexibility index (Phi) is 5.84. The van der Waals surface area contributed by atoms with Crippen LogP contribution in [0.5, 0.6) is 0 Å². The van der Waals surface area contributed by atoms with E-state index < -0.39 is 10.0 Å². The number of hydrogen-bond donors (Lipinski definition) is 3. The molecule has 4 saturated carbocycles. The lowest BCUT2D eigenvalue weighted by Gasteiger charge is -2.59. The van der Waals surface area contributed by atoms with E-state index in [2.05, 4.69) is 17.6 Å². The van der Waals surface area contributed by atoms with E-state index in [-0.39, 0.29) is 27.8 Å². The number of rotatable bonds is 7. The molecular formula is C23H30N4O3S. The second kappa shape index (κ2) is 8.29. The molecule has 0 heterocycles. The minimum Gasteiger partial charge on any atom is -0.386 e. The van der Waals surface area contributed by atoms with Crippen molar-refractivity contribution in [1.82, 2.24) is 10.6 Å². The first-order chi connectivity index (χ1) is 14.7. The molecule has 4 bridgehead atoms.